The predicted molar refractivity (Wildman–Crippen MR) is 85.8 cm³/mol. The van der Waals surface area contributed by atoms with E-state index in [4.69, 9.17) is 9.47 Å². The summed E-state index contributed by atoms with van der Waals surface area (Å²) >= 11 is 0. The fourth-order valence-electron chi connectivity index (χ4n) is 2.75. The number of benzene rings is 1. The largest absolute Gasteiger partial charge is 0.497 e. The molecule has 2 unspecified atom stereocenters. The van der Waals surface area contributed by atoms with Crippen molar-refractivity contribution in [2.45, 2.75) is 24.9 Å². The Morgan fingerprint density at radius 2 is 2.05 bits per heavy atom. The van der Waals surface area contributed by atoms with Crippen molar-refractivity contribution in [2.24, 2.45) is 5.92 Å². The van der Waals surface area contributed by atoms with Gasteiger partial charge in [-0.15, -0.1) is 0 Å². The molecule has 21 heavy (non-hydrogen) atoms. The van der Waals surface area contributed by atoms with Crippen LogP contribution in [0, 0.1) is 5.92 Å². The number of likely N-dealkylation sites (N-methyl/N-ethyl adjacent to an activating group) is 1. The molecule has 0 aliphatic heterocycles. The second-order valence-corrected chi connectivity index (χ2v) is 6.06. The fraction of sp³-hybridized carbons (Fsp3) is 0.647. The minimum atomic E-state index is 0.332. The molecule has 0 amide bonds. The molecule has 1 saturated carbocycles. The van der Waals surface area contributed by atoms with Gasteiger partial charge < -0.3 is 19.7 Å². The van der Waals surface area contributed by atoms with Gasteiger partial charge in [-0.3, -0.25) is 0 Å². The zero-order valence-electron chi connectivity index (χ0n) is 13.6. The summed E-state index contributed by atoms with van der Waals surface area (Å²) in [6.07, 6.45) is 2.65. The maximum Gasteiger partial charge on any atom is 0.119 e. The number of nitrogens with zero attached hydrogens (tertiary/aromatic N) is 1. The molecule has 1 aliphatic rings. The molecule has 1 aliphatic carbocycles. The van der Waals surface area contributed by atoms with E-state index in [9.17, 15) is 0 Å². The molecule has 0 radical (unpaired) electrons. The Morgan fingerprint density at radius 1 is 1.29 bits per heavy atom. The van der Waals surface area contributed by atoms with Crippen LogP contribution in [-0.2, 0) is 4.74 Å². The van der Waals surface area contributed by atoms with Crippen LogP contribution in [0.1, 0.15) is 24.4 Å². The van der Waals surface area contributed by atoms with Crippen molar-refractivity contribution in [2.75, 3.05) is 41.5 Å². The molecule has 0 spiro atoms. The summed E-state index contributed by atoms with van der Waals surface area (Å²) in [5, 5.41) is 3.69. The third-order valence-corrected chi connectivity index (χ3v) is 4.21. The van der Waals surface area contributed by atoms with E-state index in [1.54, 1.807) is 14.2 Å². The third-order valence-electron chi connectivity index (χ3n) is 4.21. The van der Waals surface area contributed by atoms with Crippen molar-refractivity contribution in [3.05, 3.63) is 29.8 Å². The van der Waals surface area contributed by atoms with Gasteiger partial charge in [-0.1, -0.05) is 12.1 Å². The summed E-state index contributed by atoms with van der Waals surface area (Å²) in [6.45, 7) is 1.72. The summed E-state index contributed by atoms with van der Waals surface area (Å²) in [4.78, 5) is 2.25. The van der Waals surface area contributed by atoms with Gasteiger partial charge >= 0.3 is 0 Å². The second kappa shape index (κ2) is 7.78. The Balaban J connectivity index is 2.00. The first-order chi connectivity index (χ1) is 10.2. The SMILES string of the molecule is COCC(NCC(c1cccc(OC)c1)N(C)C)C1CC1. The number of nitrogens with one attached hydrogen (secondary N) is 1. The van der Waals surface area contributed by atoms with Crippen molar-refractivity contribution in [3.8, 4) is 5.75 Å². The smallest absolute Gasteiger partial charge is 0.119 e. The number of ether oxygens (including phenoxy) is 2. The summed E-state index contributed by atoms with van der Waals surface area (Å²) in [5.74, 6) is 1.70. The van der Waals surface area contributed by atoms with Crippen LogP contribution in [-0.4, -0.2) is 52.4 Å². The Hall–Kier alpha value is -1.10. The van der Waals surface area contributed by atoms with Gasteiger partial charge in [0.15, 0.2) is 0 Å². The van der Waals surface area contributed by atoms with Crippen LogP contribution in [0.15, 0.2) is 24.3 Å². The molecule has 0 bridgehead atoms. The van der Waals surface area contributed by atoms with E-state index in [0.717, 1.165) is 24.8 Å². The topological polar surface area (TPSA) is 33.7 Å². The summed E-state index contributed by atoms with van der Waals surface area (Å²) < 4.78 is 10.7. The van der Waals surface area contributed by atoms with E-state index in [2.05, 4.69) is 42.5 Å². The van der Waals surface area contributed by atoms with E-state index in [0.29, 0.717) is 12.1 Å². The molecule has 2 atom stereocenters. The third kappa shape index (κ3) is 4.70. The highest BCUT2D eigenvalue weighted by Crippen LogP contribution is 2.33. The molecule has 1 aromatic rings. The average Bonchev–Trinajstić information content (AvgIpc) is 3.31. The van der Waals surface area contributed by atoms with Crippen molar-refractivity contribution in [3.63, 3.8) is 0 Å². The standard InChI is InChI=1S/C17H28N2O2/c1-19(2)17(14-6-5-7-15(10-14)21-4)11-18-16(12-20-3)13-8-9-13/h5-7,10,13,16-18H,8-9,11-12H2,1-4H3. The first kappa shape index (κ1) is 16.3. The van der Waals surface area contributed by atoms with Gasteiger partial charge in [-0.05, 0) is 50.6 Å². The lowest BCUT2D eigenvalue weighted by molar-refractivity contribution is 0.151. The van der Waals surface area contributed by atoms with Gasteiger partial charge in [0.05, 0.1) is 13.7 Å². The van der Waals surface area contributed by atoms with Crippen molar-refractivity contribution in [1.82, 2.24) is 10.2 Å². The maximum absolute atomic E-state index is 5.34. The predicted octanol–water partition coefficient (Wildman–Crippen LogP) is 2.31. The van der Waals surface area contributed by atoms with Crippen LogP contribution < -0.4 is 10.1 Å². The number of rotatable bonds is 9. The van der Waals surface area contributed by atoms with E-state index < -0.39 is 0 Å². The molecule has 0 aromatic heterocycles. The molecule has 4 heteroatoms. The Kier molecular flexibility index (Phi) is 6.03. The molecular formula is C17H28N2O2. The lowest BCUT2D eigenvalue weighted by atomic mass is 10.0. The Bertz CT molecular complexity index is 433. The van der Waals surface area contributed by atoms with Crippen LogP contribution in [0.25, 0.3) is 0 Å². The highest BCUT2D eigenvalue weighted by atomic mass is 16.5. The lowest BCUT2D eigenvalue weighted by Crippen LogP contribution is -2.40. The van der Waals surface area contributed by atoms with Crippen molar-refractivity contribution < 1.29 is 9.47 Å². The molecule has 0 heterocycles. The zero-order valence-corrected chi connectivity index (χ0v) is 13.6. The number of hydrogen-bond donors (Lipinski definition) is 1. The highest BCUT2D eigenvalue weighted by molar-refractivity contribution is 5.30. The van der Waals surface area contributed by atoms with Crippen LogP contribution in [0.2, 0.25) is 0 Å². The summed E-state index contributed by atoms with van der Waals surface area (Å²) in [7, 11) is 7.73. The maximum atomic E-state index is 5.34. The molecule has 118 valence electrons. The fourth-order valence-corrected chi connectivity index (χ4v) is 2.75. The van der Waals surface area contributed by atoms with Gasteiger partial charge in [0.2, 0.25) is 0 Å². The number of methoxy groups -OCH3 is 2. The molecular weight excluding hydrogens is 264 g/mol. The van der Waals surface area contributed by atoms with Crippen LogP contribution >= 0.6 is 0 Å². The zero-order chi connectivity index (χ0) is 15.2. The van der Waals surface area contributed by atoms with Gasteiger partial charge in [0, 0.05) is 25.7 Å². The first-order valence-corrected chi connectivity index (χ1v) is 7.68. The van der Waals surface area contributed by atoms with Gasteiger partial charge in [-0.25, -0.2) is 0 Å². The second-order valence-electron chi connectivity index (χ2n) is 6.06. The average molecular weight is 292 g/mol. The molecule has 1 N–H and O–H groups in total. The lowest BCUT2D eigenvalue weighted by Gasteiger charge is -2.28. The Labute approximate surface area is 128 Å². The van der Waals surface area contributed by atoms with Gasteiger partial charge in [0.1, 0.15) is 5.75 Å². The first-order valence-electron chi connectivity index (χ1n) is 7.68. The van der Waals surface area contributed by atoms with E-state index >= 15 is 0 Å². The normalized spacial score (nSPS) is 17.8. The van der Waals surface area contributed by atoms with E-state index in [1.807, 2.05) is 6.07 Å². The van der Waals surface area contributed by atoms with Gasteiger partial charge in [-0.2, -0.15) is 0 Å². The molecule has 1 aromatic carbocycles. The van der Waals surface area contributed by atoms with Crippen molar-refractivity contribution >= 4 is 0 Å². The number of hydrogen-bond acceptors (Lipinski definition) is 4. The minimum absolute atomic E-state index is 0.332. The molecule has 2 rings (SSSR count). The Morgan fingerprint density at radius 3 is 2.62 bits per heavy atom. The highest BCUT2D eigenvalue weighted by Gasteiger charge is 2.31. The van der Waals surface area contributed by atoms with E-state index in [1.165, 1.54) is 18.4 Å². The van der Waals surface area contributed by atoms with Crippen LogP contribution in [0.3, 0.4) is 0 Å². The van der Waals surface area contributed by atoms with Crippen LogP contribution in [0.5, 0.6) is 5.75 Å². The quantitative estimate of drug-likeness (QED) is 0.757. The monoisotopic (exact) mass is 292 g/mol. The van der Waals surface area contributed by atoms with Gasteiger partial charge in [0.25, 0.3) is 0 Å². The van der Waals surface area contributed by atoms with E-state index in [-0.39, 0.29) is 0 Å². The summed E-state index contributed by atoms with van der Waals surface area (Å²) in [5.41, 5.74) is 1.28. The molecule has 4 nitrogen and oxygen atoms in total. The van der Waals surface area contributed by atoms with Crippen LogP contribution in [0.4, 0.5) is 0 Å². The van der Waals surface area contributed by atoms with Crippen molar-refractivity contribution in [1.29, 1.82) is 0 Å². The summed E-state index contributed by atoms with van der Waals surface area (Å²) in [6, 6.07) is 9.13. The molecule has 1 fully saturated rings. The minimum Gasteiger partial charge on any atom is -0.497 e. The molecule has 0 saturated heterocycles.